The van der Waals surface area contributed by atoms with Crippen molar-refractivity contribution in [1.29, 1.82) is 0 Å². The van der Waals surface area contributed by atoms with Crippen molar-refractivity contribution in [3.8, 4) is 9.47 Å². The standard InChI is InChI=1S/C18H25IO5SSi/c1-12(2)26(13(3)4,14(5)6)10-9-19-17-8-7-15(25(21,22)23)11-16(17)18(20)24-19/h7-8,11-14H,1-6H3,(H,21,22,23). The molecule has 1 heterocycles. The third kappa shape index (κ3) is 3.86. The number of hydrogen-bond acceptors (Lipinski definition) is 4. The van der Waals surface area contributed by atoms with Crippen molar-refractivity contribution < 1.29 is 20.8 Å². The molecule has 0 spiro atoms. The van der Waals surface area contributed by atoms with Crippen molar-refractivity contribution in [3.05, 3.63) is 27.3 Å². The van der Waals surface area contributed by atoms with Crippen LogP contribution in [0.1, 0.15) is 51.9 Å². The number of benzene rings is 1. The Balaban J connectivity index is 2.50. The maximum atomic E-state index is 12.2. The van der Waals surface area contributed by atoms with E-state index in [1.807, 2.05) is 0 Å². The Morgan fingerprint density at radius 1 is 1.08 bits per heavy atom. The van der Waals surface area contributed by atoms with E-state index in [2.05, 4.69) is 51.0 Å². The van der Waals surface area contributed by atoms with Crippen LogP contribution in [-0.4, -0.2) is 27.0 Å². The summed E-state index contributed by atoms with van der Waals surface area (Å²) >= 11 is -2.49. The summed E-state index contributed by atoms with van der Waals surface area (Å²) in [6.07, 6.45) is 0. The molecule has 0 aliphatic carbocycles. The summed E-state index contributed by atoms with van der Waals surface area (Å²) < 4.78 is 41.3. The molecule has 0 saturated carbocycles. The first kappa shape index (κ1) is 21.4. The molecule has 0 unspecified atom stereocenters. The SMILES string of the molecule is CC(C)[Si](C#CI1OC(=O)c2cc(S(=O)(=O)O)ccc21)(C(C)C)C(C)C. The van der Waals surface area contributed by atoms with Crippen LogP contribution in [0.2, 0.25) is 16.6 Å². The molecule has 1 aliphatic heterocycles. The molecule has 2 rings (SSSR count). The van der Waals surface area contributed by atoms with E-state index in [1.165, 1.54) is 12.1 Å². The molecule has 0 bridgehead atoms. The van der Waals surface area contributed by atoms with Gasteiger partial charge in [-0.3, -0.25) is 0 Å². The van der Waals surface area contributed by atoms with Gasteiger partial charge >= 0.3 is 165 Å². The molecular formula is C18H25IO5SSi. The molecule has 1 aromatic rings. The normalized spacial score (nSPS) is 15.9. The van der Waals surface area contributed by atoms with Crippen LogP contribution in [0.5, 0.6) is 0 Å². The van der Waals surface area contributed by atoms with E-state index in [9.17, 15) is 17.8 Å². The zero-order chi connectivity index (χ0) is 19.9. The second kappa shape index (κ2) is 7.62. The van der Waals surface area contributed by atoms with Crippen LogP contribution >= 0.6 is 20.2 Å². The van der Waals surface area contributed by atoms with Crippen LogP contribution in [0.3, 0.4) is 0 Å². The Kier molecular flexibility index (Phi) is 6.27. The summed E-state index contributed by atoms with van der Waals surface area (Å²) in [6.45, 7) is 13.3. The Morgan fingerprint density at radius 2 is 1.62 bits per heavy atom. The summed E-state index contributed by atoms with van der Waals surface area (Å²) in [6, 6.07) is 4.05. The first-order valence-electron chi connectivity index (χ1n) is 8.48. The van der Waals surface area contributed by atoms with Crippen LogP contribution < -0.4 is 0 Å². The first-order valence-corrected chi connectivity index (χ1v) is 15.2. The fourth-order valence-electron chi connectivity index (χ4n) is 3.75. The van der Waals surface area contributed by atoms with Crippen molar-refractivity contribution in [1.82, 2.24) is 0 Å². The number of carbonyl (C=O) groups excluding carboxylic acids is 1. The van der Waals surface area contributed by atoms with Gasteiger partial charge in [-0.25, -0.2) is 0 Å². The molecular weight excluding hydrogens is 483 g/mol. The number of fused-ring (bicyclic) bond motifs is 1. The van der Waals surface area contributed by atoms with E-state index in [0.29, 0.717) is 20.2 Å². The average molecular weight is 508 g/mol. The minimum absolute atomic E-state index is 0.213. The molecule has 0 radical (unpaired) electrons. The summed E-state index contributed by atoms with van der Waals surface area (Å²) in [5.74, 6) is -0.545. The molecule has 0 amide bonds. The predicted octanol–water partition coefficient (Wildman–Crippen LogP) is 4.87. The quantitative estimate of drug-likeness (QED) is 0.272. The molecule has 8 heteroatoms. The van der Waals surface area contributed by atoms with E-state index in [4.69, 9.17) is 3.07 Å². The van der Waals surface area contributed by atoms with Gasteiger partial charge in [0.2, 0.25) is 0 Å². The van der Waals surface area contributed by atoms with Gasteiger partial charge in [-0.05, 0) is 0 Å². The zero-order valence-electron chi connectivity index (χ0n) is 15.8. The number of carbonyl (C=O) groups is 1. The van der Waals surface area contributed by atoms with Crippen LogP contribution in [0.15, 0.2) is 23.1 Å². The van der Waals surface area contributed by atoms with Gasteiger partial charge in [0.25, 0.3) is 0 Å². The molecule has 0 fully saturated rings. The van der Waals surface area contributed by atoms with Crippen LogP contribution in [0.4, 0.5) is 0 Å². The third-order valence-electron chi connectivity index (χ3n) is 5.00. The van der Waals surface area contributed by atoms with E-state index >= 15 is 0 Å². The van der Waals surface area contributed by atoms with Gasteiger partial charge in [-0.1, -0.05) is 0 Å². The Bertz CT molecular complexity index is 859. The zero-order valence-corrected chi connectivity index (χ0v) is 19.8. The Labute approximate surface area is 164 Å². The van der Waals surface area contributed by atoms with Crippen LogP contribution in [0, 0.1) is 13.0 Å². The van der Waals surface area contributed by atoms with Gasteiger partial charge < -0.3 is 0 Å². The Hall–Kier alpha value is -0.893. The van der Waals surface area contributed by atoms with Crippen molar-refractivity contribution in [2.45, 2.75) is 63.1 Å². The van der Waals surface area contributed by atoms with Crippen LogP contribution in [0.25, 0.3) is 0 Å². The molecule has 26 heavy (non-hydrogen) atoms. The van der Waals surface area contributed by atoms with Gasteiger partial charge in [0, 0.05) is 0 Å². The van der Waals surface area contributed by atoms with E-state index in [1.54, 1.807) is 6.07 Å². The summed E-state index contributed by atoms with van der Waals surface area (Å²) in [5, 5.41) is 0. The molecule has 5 nitrogen and oxygen atoms in total. The second-order valence-corrected chi connectivity index (χ2v) is 17.9. The predicted molar refractivity (Wildman–Crippen MR) is 113 cm³/mol. The molecule has 0 atom stereocenters. The average Bonchev–Trinajstić information content (AvgIpc) is 2.82. The monoisotopic (exact) mass is 508 g/mol. The third-order valence-corrected chi connectivity index (χ3v) is 16.2. The van der Waals surface area contributed by atoms with Gasteiger partial charge in [0.15, 0.2) is 0 Å². The van der Waals surface area contributed by atoms with Gasteiger partial charge in [-0.15, -0.1) is 0 Å². The fourth-order valence-corrected chi connectivity index (χ4v) is 14.2. The Morgan fingerprint density at radius 3 is 2.08 bits per heavy atom. The van der Waals surface area contributed by atoms with Gasteiger partial charge in [0.1, 0.15) is 0 Å². The summed E-state index contributed by atoms with van der Waals surface area (Å²) in [4.78, 5) is 11.9. The maximum absolute atomic E-state index is 12.2. The van der Waals surface area contributed by atoms with Crippen LogP contribution in [-0.2, 0) is 13.2 Å². The minimum atomic E-state index is -4.35. The van der Waals surface area contributed by atoms with Crippen molar-refractivity contribution in [3.63, 3.8) is 0 Å². The molecule has 1 aromatic carbocycles. The molecule has 0 saturated heterocycles. The molecule has 1 N–H and O–H groups in total. The number of hydrogen-bond donors (Lipinski definition) is 1. The van der Waals surface area contributed by atoms with E-state index in [0.717, 1.165) is 0 Å². The van der Waals surface area contributed by atoms with Crippen molar-refractivity contribution in [2.24, 2.45) is 0 Å². The van der Waals surface area contributed by atoms with Gasteiger partial charge in [0.05, 0.1) is 0 Å². The topological polar surface area (TPSA) is 80.7 Å². The second-order valence-electron chi connectivity index (χ2n) is 7.35. The number of halogens is 1. The van der Waals surface area contributed by atoms with E-state index in [-0.39, 0.29) is 10.5 Å². The fraction of sp³-hybridized carbons (Fsp3) is 0.500. The van der Waals surface area contributed by atoms with Crippen molar-refractivity contribution >= 4 is 44.4 Å². The van der Waals surface area contributed by atoms with E-state index < -0.39 is 44.4 Å². The molecule has 0 aromatic heterocycles. The number of rotatable bonds is 4. The summed E-state index contributed by atoms with van der Waals surface area (Å²) in [7, 11) is -6.28. The molecule has 1 aliphatic rings. The first-order chi connectivity index (χ1) is 11.9. The van der Waals surface area contributed by atoms with Gasteiger partial charge in [-0.2, -0.15) is 0 Å². The van der Waals surface area contributed by atoms with Crippen molar-refractivity contribution in [2.75, 3.05) is 0 Å². The summed E-state index contributed by atoms with van der Waals surface area (Å²) in [5.41, 5.74) is 5.24. The molecule has 144 valence electrons.